The van der Waals surface area contributed by atoms with E-state index in [1.165, 1.54) is 19.3 Å². The lowest BCUT2D eigenvalue weighted by atomic mass is 9.53. The van der Waals surface area contributed by atoms with Gasteiger partial charge in [0.2, 0.25) is 0 Å². The molecule has 1 aromatic heterocycles. The SMILES string of the molecule is C[C@H]1[C@@H](CSc2ncccn2)O[C@@H](c2cccc(NC(=O)NC34CC5CC(CC(C5)C3)C4)c2)O[C@H]1c1ccc(CO)cc1. The molecule has 9 heteroatoms. The normalized spacial score (nSPS) is 32.8. The van der Waals surface area contributed by atoms with Crippen LogP contribution in [0, 0.1) is 23.7 Å². The average molecular weight is 601 g/mol. The Morgan fingerprint density at radius 1 is 0.953 bits per heavy atom. The van der Waals surface area contributed by atoms with E-state index in [9.17, 15) is 9.90 Å². The monoisotopic (exact) mass is 600 g/mol. The summed E-state index contributed by atoms with van der Waals surface area (Å²) in [6, 6.07) is 17.4. The van der Waals surface area contributed by atoms with Gasteiger partial charge in [-0.2, -0.15) is 0 Å². The van der Waals surface area contributed by atoms with Crippen LogP contribution in [0.5, 0.6) is 0 Å². The van der Waals surface area contributed by atoms with Gasteiger partial charge in [-0.3, -0.25) is 0 Å². The summed E-state index contributed by atoms with van der Waals surface area (Å²) in [5.74, 6) is 3.03. The number of aliphatic hydroxyl groups is 1. The number of aromatic nitrogens is 2. The summed E-state index contributed by atoms with van der Waals surface area (Å²) >= 11 is 1.57. The molecule has 5 fully saturated rings. The van der Waals surface area contributed by atoms with E-state index in [-0.39, 0.29) is 36.3 Å². The first-order valence-electron chi connectivity index (χ1n) is 15.5. The van der Waals surface area contributed by atoms with Crippen molar-refractivity contribution in [2.75, 3.05) is 11.1 Å². The van der Waals surface area contributed by atoms with Crippen molar-refractivity contribution in [1.29, 1.82) is 0 Å². The standard InChI is InChI=1S/C34H40N4O4S/c1-21-29(20-43-33-35-10-3-11-36-33)41-31(42-30(21)26-8-6-22(19-39)7-9-26)27-4-2-5-28(15-27)37-32(40)38-34-16-23-12-24(17-34)14-25(13-23)18-34/h2-11,15,21,23-25,29-31,39H,12-14,16-20H2,1H3,(H2,37,38,40)/t21-,23?,24?,25?,29+,30+,31+,34?/m0/s1. The van der Waals surface area contributed by atoms with E-state index >= 15 is 0 Å². The molecule has 4 bridgehead atoms. The molecule has 0 spiro atoms. The molecular formula is C34H40N4O4S. The molecule has 226 valence electrons. The van der Waals surface area contributed by atoms with Crippen LogP contribution in [-0.2, 0) is 16.1 Å². The van der Waals surface area contributed by atoms with Gasteiger partial charge in [-0.15, -0.1) is 0 Å². The van der Waals surface area contributed by atoms with Gasteiger partial charge in [0.05, 0.1) is 18.8 Å². The van der Waals surface area contributed by atoms with Gasteiger partial charge < -0.3 is 25.2 Å². The van der Waals surface area contributed by atoms with Crippen LogP contribution in [0.25, 0.3) is 0 Å². The number of urea groups is 1. The van der Waals surface area contributed by atoms with Crippen molar-refractivity contribution < 1.29 is 19.4 Å². The fourth-order valence-electron chi connectivity index (χ4n) is 8.26. The minimum Gasteiger partial charge on any atom is -0.392 e. The average Bonchev–Trinajstić information content (AvgIpc) is 3.00. The minimum absolute atomic E-state index is 0.000330. The van der Waals surface area contributed by atoms with Gasteiger partial charge in [0.15, 0.2) is 11.4 Å². The van der Waals surface area contributed by atoms with Crippen molar-refractivity contribution in [2.45, 2.75) is 81.2 Å². The Kier molecular flexibility index (Phi) is 8.16. The maximum Gasteiger partial charge on any atom is 0.319 e. The summed E-state index contributed by atoms with van der Waals surface area (Å²) < 4.78 is 13.2. The van der Waals surface area contributed by atoms with E-state index in [0.717, 1.165) is 59.4 Å². The molecule has 4 atom stereocenters. The third kappa shape index (κ3) is 6.32. The molecular weight excluding hydrogens is 560 g/mol. The summed E-state index contributed by atoms with van der Waals surface area (Å²) in [6.07, 6.45) is 9.89. The largest absolute Gasteiger partial charge is 0.392 e. The van der Waals surface area contributed by atoms with Crippen molar-refractivity contribution in [2.24, 2.45) is 23.7 Å². The molecule has 8 nitrogen and oxygen atoms in total. The number of nitrogens with one attached hydrogen (secondary N) is 2. The summed E-state index contributed by atoms with van der Waals surface area (Å²) in [5, 5.41) is 16.8. The number of hydrogen-bond acceptors (Lipinski definition) is 7. The molecule has 1 saturated heterocycles. The molecule has 3 N–H and O–H groups in total. The number of carbonyl (C=O) groups excluding carboxylic acids is 1. The van der Waals surface area contributed by atoms with Gasteiger partial charge in [-0.05, 0) is 85.6 Å². The first kappa shape index (κ1) is 28.8. The Morgan fingerprint density at radius 3 is 2.33 bits per heavy atom. The minimum atomic E-state index is -0.617. The number of ether oxygens (including phenoxy) is 2. The predicted molar refractivity (Wildman–Crippen MR) is 165 cm³/mol. The smallest absolute Gasteiger partial charge is 0.319 e. The van der Waals surface area contributed by atoms with Gasteiger partial charge in [0, 0.05) is 40.9 Å². The lowest BCUT2D eigenvalue weighted by molar-refractivity contribution is -0.268. The zero-order chi connectivity index (χ0) is 29.4. The highest BCUT2D eigenvalue weighted by Crippen LogP contribution is 2.55. The second kappa shape index (κ2) is 12.2. The fraction of sp³-hybridized carbons (Fsp3) is 0.500. The number of benzene rings is 2. The molecule has 0 radical (unpaired) electrons. The van der Waals surface area contributed by atoms with Crippen LogP contribution >= 0.6 is 11.8 Å². The number of aliphatic hydroxyl groups excluding tert-OH is 1. The van der Waals surface area contributed by atoms with E-state index in [4.69, 9.17) is 9.47 Å². The van der Waals surface area contributed by atoms with Gasteiger partial charge in [-0.25, -0.2) is 14.8 Å². The molecule has 0 unspecified atom stereocenters. The van der Waals surface area contributed by atoms with Crippen LogP contribution in [-0.4, -0.2) is 38.5 Å². The molecule has 8 rings (SSSR count). The number of rotatable bonds is 8. The predicted octanol–water partition coefficient (Wildman–Crippen LogP) is 6.64. The topological polar surface area (TPSA) is 106 Å². The third-order valence-corrected chi connectivity index (χ3v) is 10.8. The van der Waals surface area contributed by atoms with E-state index in [2.05, 4.69) is 27.5 Å². The maximum atomic E-state index is 13.3. The number of amides is 2. The summed E-state index contributed by atoms with van der Waals surface area (Å²) in [5.41, 5.74) is 3.42. The van der Waals surface area contributed by atoms with E-state index in [0.29, 0.717) is 10.9 Å². The van der Waals surface area contributed by atoms with Gasteiger partial charge in [0.1, 0.15) is 0 Å². The van der Waals surface area contributed by atoms with Crippen LogP contribution in [0.15, 0.2) is 72.1 Å². The molecule has 3 aromatic rings. The van der Waals surface area contributed by atoms with Crippen molar-refractivity contribution >= 4 is 23.5 Å². The van der Waals surface area contributed by atoms with Gasteiger partial charge in [0.25, 0.3) is 0 Å². The van der Waals surface area contributed by atoms with Crippen molar-refractivity contribution in [3.63, 3.8) is 0 Å². The van der Waals surface area contributed by atoms with Crippen LogP contribution in [0.2, 0.25) is 0 Å². The van der Waals surface area contributed by atoms with Crippen molar-refractivity contribution in [3.05, 3.63) is 83.7 Å². The summed E-state index contributed by atoms with van der Waals surface area (Å²) in [7, 11) is 0. The number of anilines is 1. The number of nitrogens with zero attached hydrogens (tertiary/aromatic N) is 2. The van der Waals surface area contributed by atoms with Crippen LogP contribution in [0.4, 0.5) is 10.5 Å². The Bertz CT molecular complexity index is 1390. The number of hydrogen-bond donors (Lipinski definition) is 3. The molecule has 4 saturated carbocycles. The second-order valence-electron chi connectivity index (χ2n) is 13.1. The van der Waals surface area contributed by atoms with E-state index in [1.807, 2.05) is 54.6 Å². The fourth-order valence-corrected chi connectivity index (χ4v) is 9.22. The Hall–Kier alpha value is -2.98. The lowest BCUT2D eigenvalue weighted by Gasteiger charge is -2.56. The van der Waals surface area contributed by atoms with Crippen LogP contribution in [0.1, 0.15) is 74.5 Å². The first-order valence-corrected chi connectivity index (χ1v) is 16.5. The van der Waals surface area contributed by atoms with E-state index < -0.39 is 6.29 Å². The Balaban J connectivity index is 1.07. The van der Waals surface area contributed by atoms with E-state index in [1.54, 1.807) is 24.2 Å². The highest BCUT2D eigenvalue weighted by Gasteiger charge is 2.51. The first-order chi connectivity index (χ1) is 20.9. The van der Waals surface area contributed by atoms with Gasteiger partial charge >= 0.3 is 6.03 Å². The molecule has 2 aromatic carbocycles. The summed E-state index contributed by atoms with van der Waals surface area (Å²) in [6.45, 7) is 2.14. The molecule has 2 amide bonds. The molecule has 43 heavy (non-hydrogen) atoms. The highest BCUT2D eigenvalue weighted by atomic mass is 32.2. The molecule has 5 aliphatic rings. The molecule has 2 heterocycles. The van der Waals surface area contributed by atoms with Gasteiger partial charge in [-0.1, -0.05) is 55.1 Å². The van der Waals surface area contributed by atoms with Crippen molar-refractivity contribution in [1.82, 2.24) is 15.3 Å². The van der Waals surface area contributed by atoms with Crippen LogP contribution < -0.4 is 10.6 Å². The molecule has 1 aliphatic heterocycles. The third-order valence-electron chi connectivity index (χ3n) is 9.88. The molecule has 4 aliphatic carbocycles. The second-order valence-corrected chi connectivity index (χ2v) is 14.1. The lowest BCUT2D eigenvalue weighted by Crippen LogP contribution is -2.60. The van der Waals surface area contributed by atoms with Crippen LogP contribution in [0.3, 0.4) is 0 Å². The number of carbonyl (C=O) groups is 1. The maximum absolute atomic E-state index is 13.3. The Morgan fingerprint density at radius 2 is 1.65 bits per heavy atom. The summed E-state index contributed by atoms with van der Waals surface area (Å²) in [4.78, 5) is 22.0. The zero-order valence-electron chi connectivity index (χ0n) is 24.5. The van der Waals surface area contributed by atoms with Crippen molar-refractivity contribution in [3.8, 4) is 0 Å². The quantitative estimate of drug-likeness (QED) is 0.197. The highest BCUT2D eigenvalue weighted by molar-refractivity contribution is 7.99. The Labute approximate surface area is 257 Å². The zero-order valence-corrected chi connectivity index (χ0v) is 25.3. The number of thioether (sulfide) groups is 1.